The maximum absolute atomic E-state index is 12.0. The van der Waals surface area contributed by atoms with E-state index in [1.807, 2.05) is 6.07 Å². The van der Waals surface area contributed by atoms with E-state index in [0.717, 1.165) is 9.37 Å². The highest BCUT2D eigenvalue weighted by molar-refractivity contribution is 9.10. The third kappa shape index (κ3) is 5.56. The van der Waals surface area contributed by atoms with Gasteiger partial charge in [-0.2, -0.15) is 0 Å². The van der Waals surface area contributed by atoms with E-state index in [4.69, 9.17) is 4.74 Å². The summed E-state index contributed by atoms with van der Waals surface area (Å²) in [6, 6.07) is 6.58. The first-order valence-electron chi connectivity index (χ1n) is 7.71. The van der Waals surface area contributed by atoms with Crippen LogP contribution >= 0.6 is 15.9 Å². The Labute approximate surface area is 153 Å². The highest BCUT2D eigenvalue weighted by Crippen LogP contribution is 2.16. The quantitative estimate of drug-likeness (QED) is 0.524. The van der Waals surface area contributed by atoms with Crippen molar-refractivity contribution in [1.82, 2.24) is 10.2 Å². The Bertz CT molecular complexity index is 678. The van der Waals surface area contributed by atoms with Crippen LogP contribution in [0, 0.1) is 0 Å². The lowest BCUT2D eigenvalue weighted by Crippen LogP contribution is -2.33. The van der Waals surface area contributed by atoms with Crippen molar-refractivity contribution in [2.24, 2.45) is 0 Å². The first-order valence-corrected chi connectivity index (χ1v) is 8.50. The number of carbonyl (C=O) groups excluding carboxylic acids is 4. The number of hydrogen-bond acceptors (Lipinski definition) is 5. The van der Waals surface area contributed by atoms with Gasteiger partial charge >= 0.3 is 12.0 Å². The Balaban J connectivity index is 1.73. The summed E-state index contributed by atoms with van der Waals surface area (Å²) in [5.41, 5.74) is 0.584. The fourth-order valence-electron chi connectivity index (χ4n) is 2.18. The van der Waals surface area contributed by atoms with E-state index < -0.39 is 24.0 Å². The van der Waals surface area contributed by atoms with Gasteiger partial charge in [0.15, 0.2) is 6.10 Å². The van der Waals surface area contributed by atoms with Crippen molar-refractivity contribution in [3.8, 4) is 0 Å². The third-order valence-electron chi connectivity index (χ3n) is 3.47. The number of anilines is 1. The van der Waals surface area contributed by atoms with Crippen LogP contribution < -0.4 is 10.6 Å². The number of rotatable bonds is 7. The molecule has 4 amide bonds. The van der Waals surface area contributed by atoms with Gasteiger partial charge in [0.05, 0.1) is 6.54 Å². The molecule has 0 bridgehead atoms. The van der Waals surface area contributed by atoms with Crippen LogP contribution in [0.5, 0.6) is 0 Å². The fourth-order valence-corrected chi connectivity index (χ4v) is 2.58. The predicted octanol–water partition coefficient (Wildman–Crippen LogP) is 1.65. The molecule has 2 N–H and O–H groups in total. The van der Waals surface area contributed by atoms with E-state index in [1.165, 1.54) is 6.92 Å². The van der Waals surface area contributed by atoms with Gasteiger partial charge in [0.1, 0.15) is 0 Å². The Morgan fingerprint density at radius 2 is 2.16 bits per heavy atom. The highest BCUT2D eigenvalue weighted by atomic mass is 79.9. The molecule has 0 radical (unpaired) electrons. The Morgan fingerprint density at radius 3 is 2.80 bits per heavy atom. The molecule has 8 nitrogen and oxygen atoms in total. The second-order valence-electron chi connectivity index (χ2n) is 5.44. The van der Waals surface area contributed by atoms with Crippen LogP contribution in [0.3, 0.4) is 0 Å². The summed E-state index contributed by atoms with van der Waals surface area (Å²) in [4.78, 5) is 47.6. The maximum Gasteiger partial charge on any atom is 0.324 e. The molecule has 1 heterocycles. The van der Waals surface area contributed by atoms with Gasteiger partial charge in [-0.25, -0.2) is 4.79 Å². The number of halogens is 1. The standard InChI is InChI=1S/C16H18BrN3O5/c1-10(15(23)19-12-5-2-4-11(17)8-12)25-14(22)6-3-7-20-13(21)9-18-16(20)24/h2,4-5,8,10H,3,6-7,9H2,1H3,(H,18,24)(H,19,23)/t10-/m1/s1. The Morgan fingerprint density at radius 1 is 1.40 bits per heavy atom. The molecule has 2 rings (SSSR count). The summed E-state index contributed by atoms with van der Waals surface area (Å²) in [7, 11) is 0. The van der Waals surface area contributed by atoms with E-state index in [-0.39, 0.29) is 31.8 Å². The molecule has 0 saturated carbocycles. The Hall–Kier alpha value is -2.42. The van der Waals surface area contributed by atoms with Crippen LogP contribution in [0.15, 0.2) is 28.7 Å². The SMILES string of the molecule is C[C@@H](OC(=O)CCCN1C(=O)CNC1=O)C(=O)Nc1cccc(Br)c1. The van der Waals surface area contributed by atoms with Crippen molar-refractivity contribution in [2.75, 3.05) is 18.4 Å². The van der Waals surface area contributed by atoms with Crippen LogP contribution in [0.25, 0.3) is 0 Å². The molecule has 1 saturated heterocycles. The van der Waals surface area contributed by atoms with E-state index in [9.17, 15) is 19.2 Å². The lowest BCUT2D eigenvalue weighted by Gasteiger charge is -2.15. The van der Waals surface area contributed by atoms with Crippen molar-refractivity contribution in [1.29, 1.82) is 0 Å². The molecule has 1 atom stereocenters. The number of nitrogens with one attached hydrogen (secondary N) is 2. The van der Waals surface area contributed by atoms with Gasteiger partial charge in [0, 0.05) is 23.1 Å². The van der Waals surface area contributed by atoms with Gasteiger partial charge in [0.2, 0.25) is 5.91 Å². The minimum absolute atomic E-state index is 0.00552. The van der Waals surface area contributed by atoms with Crippen molar-refractivity contribution < 1.29 is 23.9 Å². The van der Waals surface area contributed by atoms with Gasteiger partial charge < -0.3 is 15.4 Å². The average Bonchev–Trinajstić information content (AvgIpc) is 2.86. The van der Waals surface area contributed by atoms with Crippen molar-refractivity contribution in [3.63, 3.8) is 0 Å². The second kappa shape index (κ2) is 8.61. The zero-order valence-corrected chi connectivity index (χ0v) is 15.2. The molecule has 1 aromatic carbocycles. The van der Waals surface area contributed by atoms with Gasteiger partial charge in [-0.05, 0) is 31.5 Å². The van der Waals surface area contributed by atoms with Gasteiger partial charge in [-0.1, -0.05) is 22.0 Å². The monoisotopic (exact) mass is 411 g/mol. The lowest BCUT2D eigenvalue weighted by atomic mass is 10.2. The number of hydrogen-bond donors (Lipinski definition) is 2. The summed E-state index contributed by atoms with van der Waals surface area (Å²) in [5, 5.41) is 5.05. The minimum Gasteiger partial charge on any atom is -0.453 e. The first-order chi connectivity index (χ1) is 11.9. The number of carbonyl (C=O) groups is 4. The first kappa shape index (κ1) is 18.9. The Kier molecular flexibility index (Phi) is 6.51. The molecule has 0 aromatic heterocycles. The van der Waals surface area contributed by atoms with Gasteiger partial charge in [-0.15, -0.1) is 0 Å². The molecule has 1 aliphatic rings. The maximum atomic E-state index is 12.0. The number of ether oxygens (including phenoxy) is 1. The van der Waals surface area contributed by atoms with Crippen LogP contribution in [0.1, 0.15) is 19.8 Å². The van der Waals surface area contributed by atoms with Gasteiger partial charge in [-0.3, -0.25) is 19.3 Å². The van der Waals surface area contributed by atoms with Crippen LogP contribution in [-0.4, -0.2) is 47.9 Å². The van der Waals surface area contributed by atoms with Gasteiger partial charge in [0.25, 0.3) is 5.91 Å². The minimum atomic E-state index is -0.955. The molecule has 1 aliphatic heterocycles. The van der Waals surface area contributed by atoms with E-state index >= 15 is 0 Å². The summed E-state index contributed by atoms with van der Waals surface area (Å²) >= 11 is 3.30. The number of imide groups is 1. The van der Waals surface area contributed by atoms with Crippen LogP contribution in [0.4, 0.5) is 10.5 Å². The zero-order chi connectivity index (χ0) is 18.4. The summed E-state index contributed by atoms with van der Waals surface area (Å²) < 4.78 is 5.88. The summed E-state index contributed by atoms with van der Waals surface area (Å²) in [6.45, 7) is 1.59. The van der Waals surface area contributed by atoms with Crippen molar-refractivity contribution >= 4 is 45.4 Å². The molecular weight excluding hydrogens is 394 g/mol. The van der Waals surface area contributed by atoms with Crippen LogP contribution in [-0.2, 0) is 19.1 Å². The molecule has 0 unspecified atom stereocenters. The molecular formula is C16H18BrN3O5. The van der Waals surface area contributed by atoms with Crippen LogP contribution in [0.2, 0.25) is 0 Å². The van der Waals surface area contributed by atoms with E-state index in [0.29, 0.717) is 5.69 Å². The molecule has 1 fully saturated rings. The largest absolute Gasteiger partial charge is 0.453 e. The summed E-state index contributed by atoms with van der Waals surface area (Å²) in [5.74, 6) is -1.33. The number of esters is 1. The zero-order valence-electron chi connectivity index (χ0n) is 13.6. The fraction of sp³-hybridized carbons (Fsp3) is 0.375. The molecule has 134 valence electrons. The predicted molar refractivity (Wildman–Crippen MR) is 92.7 cm³/mol. The highest BCUT2D eigenvalue weighted by Gasteiger charge is 2.28. The normalized spacial score (nSPS) is 14.9. The number of amides is 4. The molecule has 0 spiro atoms. The van der Waals surface area contributed by atoms with Crippen molar-refractivity contribution in [2.45, 2.75) is 25.9 Å². The number of nitrogens with zero attached hydrogens (tertiary/aromatic N) is 1. The number of benzene rings is 1. The summed E-state index contributed by atoms with van der Waals surface area (Å²) in [6.07, 6.45) is -0.674. The molecule has 9 heteroatoms. The van der Waals surface area contributed by atoms with E-state index in [2.05, 4.69) is 26.6 Å². The molecule has 25 heavy (non-hydrogen) atoms. The topological polar surface area (TPSA) is 105 Å². The molecule has 1 aromatic rings. The smallest absolute Gasteiger partial charge is 0.324 e. The third-order valence-corrected chi connectivity index (χ3v) is 3.96. The second-order valence-corrected chi connectivity index (χ2v) is 6.35. The lowest BCUT2D eigenvalue weighted by molar-refractivity contribution is -0.153. The van der Waals surface area contributed by atoms with E-state index in [1.54, 1.807) is 18.2 Å². The number of urea groups is 1. The molecule has 0 aliphatic carbocycles. The average molecular weight is 412 g/mol. The van der Waals surface area contributed by atoms with Crippen molar-refractivity contribution in [3.05, 3.63) is 28.7 Å².